The van der Waals surface area contributed by atoms with Crippen LogP contribution in [0, 0.1) is 0 Å². The predicted octanol–water partition coefficient (Wildman–Crippen LogP) is 1.61. The van der Waals surface area contributed by atoms with Gasteiger partial charge in [0.2, 0.25) is 0 Å². The van der Waals surface area contributed by atoms with Crippen LogP contribution in [0.3, 0.4) is 0 Å². The van der Waals surface area contributed by atoms with Crippen molar-refractivity contribution in [3.05, 3.63) is 35.4 Å². The highest BCUT2D eigenvalue weighted by Crippen LogP contribution is 2.16. The molecule has 1 heterocycles. The van der Waals surface area contributed by atoms with Gasteiger partial charge >= 0.3 is 0 Å². The van der Waals surface area contributed by atoms with E-state index in [0.717, 1.165) is 38.7 Å². The lowest BCUT2D eigenvalue weighted by Gasteiger charge is -2.35. The highest BCUT2D eigenvalue weighted by Gasteiger charge is 2.22. The van der Waals surface area contributed by atoms with Gasteiger partial charge in [-0.15, -0.1) is 0 Å². The number of ether oxygens (including phenoxy) is 2. The summed E-state index contributed by atoms with van der Waals surface area (Å²) in [6.45, 7) is 9.34. The van der Waals surface area contributed by atoms with Crippen molar-refractivity contribution in [2.24, 2.45) is 4.99 Å². The standard InChI is InChI=1S/C19H32N4O2/c1-15-12-23(13-16(2)25-15)14-18-8-6-5-7-17(18)11-22-19(20-3)21-9-10-24-4/h5-8,15-16H,9-14H2,1-4H3,(H2,20,21,22). The Balaban J connectivity index is 1.93. The normalized spacial score (nSPS) is 22.0. The summed E-state index contributed by atoms with van der Waals surface area (Å²) >= 11 is 0. The van der Waals surface area contributed by atoms with E-state index >= 15 is 0 Å². The van der Waals surface area contributed by atoms with Gasteiger partial charge in [-0.3, -0.25) is 9.89 Å². The maximum absolute atomic E-state index is 5.84. The number of hydrogen-bond acceptors (Lipinski definition) is 4. The molecule has 6 heteroatoms. The van der Waals surface area contributed by atoms with E-state index < -0.39 is 0 Å². The first kappa shape index (κ1) is 19.7. The molecular weight excluding hydrogens is 316 g/mol. The van der Waals surface area contributed by atoms with Crippen molar-refractivity contribution >= 4 is 5.96 Å². The fourth-order valence-corrected chi connectivity index (χ4v) is 3.21. The van der Waals surface area contributed by atoms with Crippen LogP contribution < -0.4 is 10.6 Å². The van der Waals surface area contributed by atoms with Crippen molar-refractivity contribution in [3.8, 4) is 0 Å². The van der Waals surface area contributed by atoms with Crippen molar-refractivity contribution < 1.29 is 9.47 Å². The smallest absolute Gasteiger partial charge is 0.191 e. The molecule has 2 atom stereocenters. The molecule has 1 aliphatic heterocycles. The first-order valence-corrected chi connectivity index (χ1v) is 9.00. The number of methoxy groups -OCH3 is 1. The van der Waals surface area contributed by atoms with Crippen LogP contribution in [0.2, 0.25) is 0 Å². The highest BCUT2D eigenvalue weighted by molar-refractivity contribution is 5.79. The summed E-state index contributed by atoms with van der Waals surface area (Å²) in [6.07, 6.45) is 0.579. The summed E-state index contributed by atoms with van der Waals surface area (Å²) in [5, 5.41) is 6.62. The van der Waals surface area contributed by atoms with Gasteiger partial charge in [-0.2, -0.15) is 0 Å². The Hall–Kier alpha value is -1.63. The molecule has 1 saturated heterocycles. The Kier molecular flexibility index (Phi) is 8.18. The third-order valence-electron chi connectivity index (χ3n) is 4.28. The summed E-state index contributed by atoms with van der Waals surface area (Å²) in [5.41, 5.74) is 2.65. The molecule has 1 aromatic rings. The molecule has 0 bridgehead atoms. The highest BCUT2D eigenvalue weighted by atomic mass is 16.5. The number of morpholine rings is 1. The summed E-state index contributed by atoms with van der Waals surface area (Å²) in [6, 6.07) is 8.59. The summed E-state index contributed by atoms with van der Waals surface area (Å²) in [4.78, 5) is 6.73. The van der Waals surface area contributed by atoms with E-state index in [-0.39, 0.29) is 12.2 Å². The van der Waals surface area contributed by atoms with Crippen LogP contribution in [0.4, 0.5) is 0 Å². The first-order valence-electron chi connectivity index (χ1n) is 9.00. The van der Waals surface area contributed by atoms with E-state index in [1.807, 2.05) is 0 Å². The van der Waals surface area contributed by atoms with Gasteiger partial charge in [0.15, 0.2) is 5.96 Å². The number of benzene rings is 1. The zero-order chi connectivity index (χ0) is 18.1. The lowest BCUT2D eigenvalue weighted by molar-refractivity contribution is -0.0705. The average molecular weight is 348 g/mol. The van der Waals surface area contributed by atoms with Gasteiger partial charge in [0, 0.05) is 46.9 Å². The molecule has 1 fully saturated rings. The maximum Gasteiger partial charge on any atom is 0.191 e. The number of hydrogen-bond donors (Lipinski definition) is 2. The number of guanidine groups is 1. The number of rotatable bonds is 7. The quantitative estimate of drug-likeness (QED) is 0.445. The van der Waals surface area contributed by atoms with E-state index in [1.165, 1.54) is 11.1 Å². The Morgan fingerprint density at radius 1 is 1.20 bits per heavy atom. The Labute approximate surface area is 151 Å². The minimum absolute atomic E-state index is 0.290. The van der Waals surface area contributed by atoms with Crippen molar-refractivity contribution in [2.45, 2.75) is 39.1 Å². The zero-order valence-electron chi connectivity index (χ0n) is 15.9. The largest absolute Gasteiger partial charge is 0.383 e. The van der Waals surface area contributed by atoms with Gasteiger partial charge in [0.1, 0.15) is 0 Å². The van der Waals surface area contributed by atoms with E-state index in [0.29, 0.717) is 6.61 Å². The molecule has 140 valence electrons. The third-order valence-corrected chi connectivity index (χ3v) is 4.28. The predicted molar refractivity (Wildman–Crippen MR) is 102 cm³/mol. The molecule has 0 radical (unpaired) electrons. The monoisotopic (exact) mass is 348 g/mol. The molecule has 2 rings (SSSR count). The lowest BCUT2D eigenvalue weighted by Crippen LogP contribution is -2.45. The van der Waals surface area contributed by atoms with Crippen molar-refractivity contribution in [1.29, 1.82) is 0 Å². The topological polar surface area (TPSA) is 58.1 Å². The van der Waals surface area contributed by atoms with Crippen LogP contribution in [0.25, 0.3) is 0 Å². The average Bonchev–Trinajstić information content (AvgIpc) is 2.58. The number of nitrogens with zero attached hydrogens (tertiary/aromatic N) is 2. The van der Waals surface area contributed by atoms with E-state index in [2.05, 4.69) is 58.6 Å². The van der Waals surface area contributed by atoms with Gasteiger partial charge < -0.3 is 20.1 Å². The minimum atomic E-state index is 0.290. The van der Waals surface area contributed by atoms with Gasteiger partial charge in [0.25, 0.3) is 0 Å². The maximum atomic E-state index is 5.84. The minimum Gasteiger partial charge on any atom is -0.383 e. The van der Waals surface area contributed by atoms with Gasteiger partial charge in [-0.05, 0) is 25.0 Å². The Morgan fingerprint density at radius 3 is 2.52 bits per heavy atom. The van der Waals surface area contributed by atoms with Gasteiger partial charge in [-0.1, -0.05) is 24.3 Å². The molecule has 0 saturated carbocycles. The Bertz CT molecular complexity index is 540. The van der Waals surface area contributed by atoms with Crippen molar-refractivity contribution in [3.63, 3.8) is 0 Å². The van der Waals surface area contributed by atoms with E-state index in [9.17, 15) is 0 Å². The number of nitrogens with one attached hydrogen (secondary N) is 2. The van der Waals surface area contributed by atoms with Gasteiger partial charge in [-0.25, -0.2) is 0 Å². The lowest BCUT2D eigenvalue weighted by atomic mass is 10.1. The SMILES string of the molecule is CN=C(NCCOC)NCc1ccccc1CN1CC(C)OC(C)C1. The molecule has 2 N–H and O–H groups in total. The second kappa shape index (κ2) is 10.4. The summed E-state index contributed by atoms with van der Waals surface area (Å²) < 4.78 is 10.9. The van der Waals surface area contributed by atoms with Crippen molar-refractivity contribution in [1.82, 2.24) is 15.5 Å². The van der Waals surface area contributed by atoms with E-state index in [4.69, 9.17) is 9.47 Å². The van der Waals surface area contributed by atoms with Crippen LogP contribution in [0.15, 0.2) is 29.3 Å². The summed E-state index contributed by atoms with van der Waals surface area (Å²) in [5.74, 6) is 0.792. The zero-order valence-corrected chi connectivity index (χ0v) is 15.9. The van der Waals surface area contributed by atoms with Gasteiger partial charge in [0.05, 0.1) is 18.8 Å². The summed E-state index contributed by atoms with van der Waals surface area (Å²) in [7, 11) is 3.48. The molecule has 6 nitrogen and oxygen atoms in total. The Morgan fingerprint density at radius 2 is 1.88 bits per heavy atom. The first-order chi connectivity index (χ1) is 12.1. The molecule has 0 spiro atoms. The molecule has 1 aliphatic rings. The van der Waals surface area contributed by atoms with Crippen LogP contribution in [0.5, 0.6) is 0 Å². The molecule has 0 aliphatic carbocycles. The van der Waals surface area contributed by atoms with E-state index in [1.54, 1.807) is 14.2 Å². The molecular formula is C19H32N4O2. The molecule has 2 unspecified atom stereocenters. The second-order valence-corrected chi connectivity index (χ2v) is 6.57. The molecule has 0 aromatic heterocycles. The third kappa shape index (κ3) is 6.65. The molecule has 25 heavy (non-hydrogen) atoms. The second-order valence-electron chi connectivity index (χ2n) is 6.57. The fraction of sp³-hybridized carbons (Fsp3) is 0.632. The molecule has 0 amide bonds. The number of aliphatic imine (C=N–C) groups is 1. The van der Waals surface area contributed by atoms with Crippen molar-refractivity contribution in [2.75, 3.05) is 40.4 Å². The van der Waals surface area contributed by atoms with Crippen LogP contribution in [-0.2, 0) is 22.6 Å². The van der Waals surface area contributed by atoms with Crippen LogP contribution >= 0.6 is 0 Å². The van der Waals surface area contributed by atoms with Crippen LogP contribution in [0.1, 0.15) is 25.0 Å². The van der Waals surface area contributed by atoms with Crippen LogP contribution in [-0.4, -0.2) is 63.5 Å². The fourth-order valence-electron chi connectivity index (χ4n) is 3.21. The molecule has 1 aromatic carbocycles.